The van der Waals surface area contributed by atoms with Crippen molar-refractivity contribution in [1.82, 2.24) is 0 Å². The Bertz CT molecular complexity index is 1280. The predicted molar refractivity (Wildman–Crippen MR) is 135 cm³/mol. The third-order valence-corrected chi connectivity index (χ3v) is 9.34. The molecule has 4 aromatic rings. The summed E-state index contributed by atoms with van der Waals surface area (Å²) >= 11 is 0. The number of rotatable bonds is 5. The van der Waals surface area contributed by atoms with Crippen LogP contribution in [-0.4, -0.2) is 17.3 Å². The highest BCUT2D eigenvalue weighted by Gasteiger charge is 2.46. The molecule has 0 bridgehead atoms. The molecule has 0 saturated heterocycles. The van der Waals surface area contributed by atoms with E-state index in [-0.39, 0.29) is 5.91 Å². The third-order valence-electron chi connectivity index (χ3n) is 5.93. The van der Waals surface area contributed by atoms with Crippen LogP contribution in [0.4, 0.5) is 5.69 Å². The lowest BCUT2D eigenvalue weighted by Crippen LogP contribution is -2.45. The molecule has 162 valence electrons. The first kappa shape index (κ1) is 21.1. The first-order valence-electron chi connectivity index (χ1n) is 10.9. The molecular formula is C28H23N2O2P. The van der Waals surface area contributed by atoms with Crippen molar-refractivity contribution in [2.45, 2.75) is 12.1 Å². The van der Waals surface area contributed by atoms with Crippen LogP contribution in [-0.2, 0) is 9.36 Å². The fraction of sp³-hybridized carbons (Fsp3) is 0.0714. The van der Waals surface area contributed by atoms with Crippen molar-refractivity contribution in [2.24, 2.45) is 5.10 Å². The summed E-state index contributed by atoms with van der Waals surface area (Å²) in [5.74, 6) is -0.253. The zero-order valence-electron chi connectivity index (χ0n) is 18.0. The van der Waals surface area contributed by atoms with E-state index >= 15 is 4.57 Å². The molecule has 1 atom stereocenters. The van der Waals surface area contributed by atoms with E-state index in [1.54, 1.807) is 0 Å². The fourth-order valence-electron chi connectivity index (χ4n) is 4.27. The Balaban J connectivity index is 1.71. The lowest BCUT2D eigenvalue weighted by molar-refractivity contribution is -0.118. The minimum absolute atomic E-state index is 0.253. The van der Waals surface area contributed by atoms with Gasteiger partial charge < -0.3 is 4.57 Å². The summed E-state index contributed by atoms with van der Waals surface area (Å²) < 4.78 is 15.0. The predicted octanol–water partition coefficient (Wildman–Crippen LogP) is 5.21. The molecule has 1 heterocycles. The average molecular weight is 450 g/mol. The van der Waals surface area contributed by atoms with Crippen LogP contribution < -0.4 is 15.6 Å². The largest absolute Gasteiger partial charge is 0.313 e. The molecule has 5 heteroatoms. The highest BCUT2D eigenvalue weighted by atomic mass is 31.2. The molecule has 0 aliphatic carbocycles. The zero-order chi connectivity index (χ0) is 22.7. The van der Waals surface area contributed by atoms with Gasteiger partial charge in [0.25, 0.3) is 5.91 Å². The average Bonchev–Trinajstić information content (AvgIpc) is 2.90. The van der Waals surface area contributed by atoms with E-state index < -0.39 is 12.8 Å². The van der Waals surface area contributed by atoms with Crippen molar-refractivity contribution >= 4 is 35.1 Å². The number of nitrogens with zero attached hydrogens (tertiary/aromatic N) is 2. The molecule has 1 amide bonds. The lowest BCUT2D eigenvalue weighted by atomic mass is 10.0. The van der Waals surface area contributed by atoms with E-state index in [1.165, 1.54) is 5.01 Å². The summed E-state index contributed by atoms with van der Waals surface area (Å²) in [5, 5.41) is 7.51. The fourth-order valence-corrected chi connectivity index (χ4v) is 7.37. The minimum Gasteiger partial charge on any atom is -0.313 e. The van der Waals surface area contributed by atoms with Gasteiger partial charge in [-0.3, -0.25) is 4.79 Å². The van der Waals surface area contributed by atoms with Gasteiger partial charge in [0.05, 0.1) is 11.4 Å². The second-order valence-corrected chi connectivity index (χ2v) is 10.9. The number of amides is 1. The first-order chi connectivity index (χ1) is 16.2. The van der Waals surface area contributed by atoms with Gasteiger partial charge in [-0.25, -0.2) is 0 Å². The molecular weight excluding hydrogens is 427 g/mol. The Morgan fingerprint density at radius 1 is 0.667 bits per heavy atom. The summed E-state index contributed by atoms with van der Waals surface area (Å²) in [7, 11) is -3.34. The van der Waals surface area contributed by atoms with Crippen LogP contribution in [0.3, 0.4) is 0 Å². The number of hydrogen-bond acceptors (Lipinski definition) is 3. The number of hydrogen-bond donors (Lipinski definition) is 0. The Labute approximate surface area is 193 Å². The molecule has 0 radical (unpaired) electrons. The van der Waals surface area contributed by atoms with Crippen molar-refractivity contribution < 1.29 is 9.36 Å². The first-order valence-corrected chi connectivity index (χ1v) is 12.7. The molecule has 5 rings (SSSR count). The smallest absolute Gasteiger partial charge is 0.258 e. The molecule has 4 aromatic carbocycles. The van der Waals surface area contributed by atoms with Crippen LogP contribution in [0.5, 0.6) is 0 Å². The van der Waals surface area contributed by atoms with E-state index in [4.69, 9.17) is 5.10 Å². The standard InChI is InChI=1S/C28H23N2O2P/c31-28-27(33(32,24-17-9-3-10-18-24)25-19-11-4-12-20-25)21-26(22-13-5-1-6-14-22)29-30(28)23-15-7-2-8-16-23/h1-20,27H,21H2. The quantitative estimate of drug-likeness (QED) is 0.392. The van der Waals surface area contributed by atoms with Gasteiger partial charge in [0, 0.05) is 17.0 Å². The minimum atomic E-state index is -3.34. The Hall–Kier alpha value is -3.75. The molecule has 0 saturated carbocycles. The summed E-state index contributed by atoms with van der Waals surface area (Å²) in [4.78, 5) is 13.9. The maximum Gasteiger partial charge on any atom is 0.258 e. The zero-order valence-corrected chi connectivity index (χ0v) is 18.9. The number of carbonyl (C=O) groups is 1. The van der Waals surface area contributed by atoms with Gasteiger partial charge >= 0.3 is 0 Å². The van der Waals surface area contributed by atoms with Gasteiger partial charge in [-0.05, 0) is 17.7 Å². The maximum atomic E-state index is 15.0. The van der Waals surface area contributed by atoms with Gasteiger partial charge in [-0.2, -0.15) is 10.1 Å². The van der Waals surface area contributed by atoms with E-state index in [0.717, 1.165) is 11.3 Å². The van der Waals surface area contributed by atoms with Gasteiger partial charge in [0.2, 0.25) is 0 Å². The van der Waals surface area contributed by atoms with E-state index in [2.05, 4.69) is 0 Å². The molecule has 0 fully saturated rings. The number of benzene rings is 4. The Kier molecular flexibility index (Phi) is 5.77. The van der Waals surface area contributed by atoms with Crippen LogP contribution >= 0.6 is 7.14 Å². The number of anilines is 1. The highest BCUT2D eigenvalue weighted by Crippen LogP contribution is 2.52. The molecule has 1 aliphatic heterocycles. The van der Waals surface area contributed by atoms with Gasteiger partial charge in [-0.15, -0.1) is 0 Å². The van der Waals surface area contributed by atoms with Crippen molar-refractivity contribution in [3.63, 3.8) is 0 Å². The lowest BCUT2D eigenvalue weighted by Gasteiger charge is -2.34. The number of hydrazone groups is 1. The molecule has 0 aromatic heterocycles. The van der Waals surface area contributed by atoms with Crippen molar-refractivity contribution in [3.05, 3.63) is 127 Å². The Morgan fingerprint density at radius 3 is 1.64 bits per heavy atom. The topological polar surface area (TPSA) is 49.7 Å². The van der Waals surface area contributed by atoms with Crippen molar-refractivity contribution in [2.75, 3.05) is 5.01 Å². The summed E-state index contributed by atoms with van der Waals surface area (Å²) in [6.07, 6.45) is 0.299. The Morgan fingerprint density at radius 2 is 1.12 bits per heavy atom. The second-order valence-electron chi connectivity index (χ2n) is 7.95. The summed E-state index contributed by atoms with van der Waals surface area (Å²) in [6.45, 7) is 0. The number of para-hydroxylation sites is 1. The molecule has 4 nitrogen and oxygen atoms in total. The third kappa shape index (κ3) is 3.94. The van der Waals surface area contributed by atoms with Crippen molar-refractivity contribution in [1.29, 1.82) is 0 Å². The van der Waals surface area contributed by atoms with Crippen LogP contribution in [0.25, 0.3) is 0 Å². The maximum absolute atomic E-state index is 15.0. The van der Waals surface area contributed by atoms with Crippen molar-refractivity contribution in [3.8, 4) is 0 Å². The highest BCUT2D eigenvalue weighted by molar-refractivity contribution is 7.80. The normalized spacial score (nSPS) is 16.4. The van der Waals surface area contributed by atoms with Crippen LogP contribution in [0.2, 0.25) is 0 Å². The summed E-state index contributed by atoms with van der Waals surface area (Å²) in [5.41, 5.74) is 1.56. The van der Waals surface area contributed by atoms with E-state index in [0.29, 0.717) is 22.7 Å². The molecule has 1 unspecified atom stereocenters. The molecule has 1 aliphatic rings. The second kappa shape index (κ2) is 9.01. The molecule has 33 heavy (non-hydrogen) atoms. The molecule has 0 N–H and O–H groups in total. The number of carbonyl (C=O) groups excluding carboxylic acids is 1. The molecule has 0 spiro atoms. The summed E-state index contributed by atoms with van der Waals surface area (Å²) in [6, 6.07) is 37.9. The van der Waals surface area contributed by atoms with Gasteiger partial charge in [0.15, 0.2) is 7.14 Å². The van der Waals surface area contributed by atoms with E-state index in [9.17, 15) is 4.79 Å². The van der Waals surface area contributed by atoms with Gasteiger partial charge in [-0.1, -0.05) is 109 Å². The van der Waals surface area contributed by atoms with E-state index in [1.807, 2.05) is 121 Å². The van der Waals surface area contributed by atoms with Crippen LogP contribution in [0, 0.1) is 0 Å². The van der Waals surface area contributed by atoms with Crippen LogP contribution in [0.1, 0.15) is 12.0 Å². The van der Waals surface area contributed by atoms with Gasteiger partial charge in [0.1, 0.15) is 5.66 Å². The van der Waals surface area contributed by atoms with Crippen LogP contribution in [0.15, 0.2) is 126 Å². The SMILES string of the molecule is O=C1C(P(=O)(c2ccccc2)c2ccccc2)CC(c2ccccc2)=NN1c1ccccc1. The monoisotopic (exact) mass is 450 g/mol.